The van der Waals surface area contributed by atoms with Crippen molar-refractivity contribution in [3.63, 3.8) is 0 Å². The van der Waals surface area contributed by atoms with E-state index in [9.17, 15) is 9.59 Å². The van der Waals surface area contributed by atoms with Crippen LogP contribution in [0.1, 0.15) is 31.9 Å². The van der Waals surface area contributed by atoms with Gasteiger partial charge in [0.1, 0.15) is 23.9 Å². The van der Waals surface area contributed by atoms with E-state index in [1.54, 1.807) is 36.4 Å². The minimum absolute atomic E-state index is 0.0548. The Bertz CT molecular complexity index is 1450. The number of carbonyl (C=O) groups excluding carboxylic acids is 2. The summed E-state index contributed by atoms with van der Waals surface area (Å²) >= 11 is 0. The third kappa shape index (κ3) is 6.00. The van der Waals surface area contributed by atoms with Gasteiger partial charge in [0.15, 0.2) is 11.5 Å². The van der Waals surface area contributed by atoms with Gasteiger partial charge in [-0.25, -0.2) is 9.07 Å². The number of halogens is 1. The van der Waals surface area contributed by atoms with Gasteiger partial charge in [0, 0.05) is 12.1 Å². The molecule has 0 bridgehead atoms. The predicted octanol–water partition coefficient (Wildman–Crippen LogP) is 4.52. The molecule has 39 heavy (non-hydrogen) atoms. The average molecular weight is 534 g/mol. The molecule has 0 unspecified atom stereocenters. The molecule has 4 rings (SSSR count). The van der Waals surface area contributed by atoms with Crippen molar-refractivity contribution in [1.29, 1.82) is 0 Å². The number of nitrogens with one attached hydrogen (secondary N) is 1. The SMILES string of the molecule is COc1cccc([C@H](C(=O)NCCC(C)C)N(C(=O)Cn2nnc3ccccc32)c2ccccc2F)c1OC. The minimum atomic E-state index is -1.28. The Kier molecular flexibility index (Phi) is 8.75. The molecule has 0 aliphatic carbocycles. The summed E-state index contributed by atoms with van der Waals surface area (Å²) in [4.78, 5) is 29.1. The van der Waals surface area contributed by atoms with Crippen LogP contribution in [0.2, 0.25) is 0 Å². The van der Waals surface area contributed by atoms with Crippen LogP contribution in [-0.2, 0) is 16.1 Å². The standard InChI is InChI=1S/C29H32FN5O4/c1-19(2)16-17-31-29(37)27(20-10-9-15-25(38-3)28(20)39-4)35(23-13-7-5-11-21(23)30)26(36)18-34-24-14-8-6-12-22(24)32-33-34/h5-15,19,27H,16-18H2,1-4H3,(H,31,37)/t27-/m1/s1. The zero-order valence-electron chi connectivity index (χ0n) is 22.4. The van der Waals surface area contributed by atoms with Crippen LogP contribution in [0.4, 0.5) is 10.1 Å². The van der Waals surface area contributed by atoms with Crippen molar-refractivity contribution in [3.8, 4) is 11.5 Å². The van der Waals surface area contributed by atoms with Crippen molar-refractivity contribution >= 4 is 28.5 Å². The Morgan fingerprint density at radius 3 is 2.46 bits per heavy atom. The maximum atomic E-state index is 15.3. The number of ether oxygens (including phenoxy) is 2. The van der Waals surface area contributed by atoms with Crippen molar-refractivity contribution in [2.24, 2.45) is 5.92 Å². The van der Waals surface area contributed by atoms with E-state index in [1.165, 1.54) is 37.1 Å². The molecule has 1 atom stereocenters. The minimum Gasteiger partial charge on any atom is -0.493 e. The van der Waals surface area contributed by atoms with Gasteiger partial charge in [-0.2, -0.15) is 0 Å². The molecule has 0 fully saturated rings. The number of carbonyl (C=O) groups is 2. The van der Waals surface area contributed by atoms with Gasteiger partial charge < -0.3 is 14.8 Å². The number of methoxy groups -OCH3 is 2. The number of nitrogens with zero attached hydrogens (tertiary/aromatic N) is 4. The van der Waals surface area contributed by atoms with Crippen LogP contribution in [-0.4, -0.2) is 47.6 Å². The van der Waals surface area contributed by atoms with Gasteiger partial charge in [-0.05, 0) is 42.7 Å². The quantitative estimate of drug-likeness (QED) is 0.304. The Labute approximate surface area is 226 Å². The molecule has 9 nitrogen and oxygen atoms in total. The molecular formula is C29H32FN5O4. The molecule has 4 aromatic rings. The summed E-state index contributed by atoms with van der Waals surface area (Å²) in [6, 6.07) is 16.8. The second kappa shape index (κ2) is 12.4. The van der Waals surface area contributed by atoms with Gasteiger partial charge in [-0.15, -0.1) is 5.10 Å². The lowest BCUT2D eigenvalue weighted by molar-refractivity contribution is -0.127. The highest BCUT2D eigenvalue weighted by molar-refractivity contribution is 6.02. The smallest absolute Gasteiger partial charge is 0.249 e. The van der Waals surface area contributed by atoms with E-state index in [0.29, 0.717) is 34.8 Å². The number of hydrogen-bond acceptors (Lipinski definition) is 6. The Morgan fingerprint density at radius 1 is 1.00 bits per heavy atom. The van der Waals surface area contributed by atoms with Gasteiger partial charge in [0.05, 0.1) is 25.4 Å². The maximum absolute atomic E-state index is 15.3. The second-order valence-electron chi connectivity index (χ2n) is 9.41. The van der Waals surface area contributed by atoms with Gasteiger partial charge in [-0.1, -0.05) is 55.5 Å². The number of rotatable bonds is 11. The molecular weight excluding hydrogens is 501 g/mol. The molecule has 0 saturated heterocycles. The van der Waals surface area contributed by atoms with Crippen LogP contribution >= 0.6 is 0 Å². The normalized spacial score (nSPS) is 11.8. The molecule has 0 radical (unpaired) electrons. The van der Waals surface area contributed by atoms with Crippen LogP contribution in [0.25, 0.3) is 11.0 Å². The van der Waals surface area contributed by atoms with Gasteiger partial charge in [-0.3, -0.25) is 14.5 Å². The highest BCUT2D eigenvalue weighted by atomic mass is 19.1. The van der Waals surface area contributed by atoms with E-state index in [2.05, 4.69) is 15.6 Å². The summed E-state index contributed by atoms with van der Waals surface area (Å²) in [5, 5.41) is 11.2. The molecule has 2 amide bonds. The number of benzene rings is 3. The third-order valence-corrected chi connectivity index (χ3v) is 6.34. The van der Waals surface area contributed by atoms with Crippen molar-refractivity contribution in [2.45, 2.75) is 32.9 Å². The first-order valence-corrected chi connectivity index (χ1v) is 12.7. The molecule has 0 spiro atoms. The zero-order chi connectivity index (χ0) is 27.9. The van der Waals surface area contributed by atoms with E-state index >= 15 is 4.39 Å². The first-order chi connectivity index (χ1) is 18.8. The van der Waals surface area contributed by atoms with Crippen LogP contribution in [0.15, 0.2) is 66.7 Å². The van der Waals surface area contributed by atoms with Crippen LogP contribution in [0, 0.1) is 11.7 Å². The maximum Gasteiger partial charge on any atom is 0.249 e. The van der Waals surface area contributed by atoms with Crippen molar-refractivity contribution < 1.29 is 23.5 Å². The summed E-state index contributed by atoms with van der Waals surface area (Å²) < 4.78 is 27.9. The average Bonchev–Trinajstić information content (AvgIpc) is 3.34. The van der Waals surface area contributed by atoms with E-state index in [1.807, 2.05) is 26.0 Å². The first-order valence-electron chi connectivity index (χ1n) is 12.7. The number of hydrogen-bond donors (Lipinski definition) is 1. The van der Waals surface area contributed by atoms with Gasteiger partial charge in [0.25, 0.3) is 0 Å². The van der Waals surface area contributed by atoms with Gasteiger partial charge in [0.2, 0.25) is 11.8 Å². The number of para-hydroxylation sites is 3. The first kappa shape index (κ1) is 27.6. The molecule has 204 valence electrons. The Hall–Kier alpha value is -4.47. The van der Waals surface area contributed by atoms with E-state index in [-0.39, 0.29) is 18.0 Å². The number of fused-ring (bicyclic) bond motifs is 1. The molecule has 0 aliphatic heterocycles. The number of amides is 2. The van der Waals surface area contributed by atoms with Crippen LogP contribution in [0.5, 0.6) is 11.5 Å². The third-order valence-electron chi connectivity index (χ3n) is 6.34. The van der Waals surface area contributed by atoms with E-state index < -0.39 is 23.7 Å². The van der Waals surface area contributed by atoms with E-state index in [4.69, 9.17) is 9.47 Å². The lowest BCUT2D eigenvalue weighted by Gasteiger charge is -2.32. The van der Waals surface area contributed by atoms with Crippen molar-refractivity contribution in [3.05, 3.63) is 78.1 Å². The largest absolute Gasteiger partial charge is 0.493 e. The predicted molar refractivity (Wildman–Crippen MR) is 146 cm³/mol. The molecule has 3 aromatic carbocycles. The fourth-order valence-corrected chi connectivity index (χ4v) is 4.41. The lowest BCUT2D eigenvalue weighted by atomic mass is 10.0. The second-order valence-corrected chi connectivity index (χ2v) is 9.41. The van der Waals surface area contributed by atoms with Crippen molar-refractivity contribution in [1.82, 2.24) is 20.3 Å². The van der Waals surface area contributed by atoms with Crippen LogP contribution in [0.3, 0.4) is 0 Å². The Morgan fingerprint density at radius 2 is 1.74 bits per heavy atom. The summed E-state index contributed by atoms with van der Waals surface area (Å²) in [5.41, 5.74) is 1.54. The molecule has 1 aromatic heterocycles. The summed E-state index contributed by atoms with van der Waals surface area (Å²) in [7, 11) is 2.93. The zero-order valence-corrected chi connectivity index (χ0v) is 22.4. The molecule has 10 heteroatoms. The topological polar surface area (TPSA) is 98.6 Å². The molecule has 0 aliphatic rings. The summed E-state index contributed by atoms with van der Waals surface area (Å²) in [6.45, 7) is 4.20. The summed E-state index contributed by atoms with van der Waals surface area (Å²) in [5.74, 6) is -0.717. The van der Waals surface area contributed by atoms with Crippen LogP contribution < -0.4 is 19.7 Å². The highest BCUT2D eigenvalue weighted by Crippen LogP contribution is 2.39. The summed E-state index contributed by atoms with van der Waals surface area (Å²) in [6.07, 6.45) is 0.728. The molecule has 1 heterocycles. The number of aromatic nitrogens is 3. The fraction of sp³-hybridized carbons (Fsp3) is 0.310. The van der Waals surface area contributed by atoms with E-state index in [0.717, 1.165) is 11.3 Å². The van der Waals surface area contributed by atoms with Gasteiger partial charge >= 0.3 is 0 Å². The van der Waals surface area contributed by atoms with Crippen molar-refractivity contribution in [2.75, 3.05) is 25.7 Å². The Balaban J connectivity index is 1.86. The molecule has 1 N–H and O–H groups in total. The highest BCUT2D eigenvalue weighted by Gasteiger charge is 2.37. The lowest BCUT2D eigenvalue weighted by Crippen LogP contribution is -2.46. The number of anilines is 1. The molecule has 0 saturated carbocycles. The fourth-order valence-electron chi connectivity index (χ4n) is 4.41. The monoisotopic (exact) mass is 533 g/mol.